The van der Waals surface area contributed by atoms with Crippen LogP contribution in [0.1, 0.15) is 23.0 Å². The van der Waals surface area contributed by atoms with Crippen LogP contribution in [0, 0.1) is 0 Å². The molecule has 0 bridgehead atoms. The minimum Gasteiger partial charge on any atom is -0.396 e. The number of nitrogen functional groups attached to an aromatic ring is 1. The summed E-state index contributed by atoms with van der Waals surface area (Å²) in [5.74, 6) is -0.366. The smallest absolute Gasteiger partial charge is 0.274 e. The Hall–Kier alpha value is -2.34. The number of nitrogens with two attached hydrogens (primary N) is 1. The van der Waals surface area contributed by atoms with E-state index in [0.29, 0.717) is 18.7 Å². The molecule has 112 valence electrons. The first-order valence-electron chi connectivity index (χ1n) is 6.92. The van der Waals surface area contributed by atoms with Crippen molar-refractivity contribution in [2.75, 3.05) is 12.3 Å². The molecular formula is C15H20N4O2. The monoisotopic (exact) mass is 288 g/mol. The first-order chi connectivity index (χ1) is 10.1. The van der Waals surface area contributed by atoms with Gasteiger partial charge in [-0.05, 0) is 18.9 Å². The Kier molecular flexibility index (Phi) is 4.94. The highest BCUT2D eigenvalue weighted by Crippen LogP contribution is 2.10. The lowest BCUT2D eigenvalue weighted by atomic mass is 10.1. The minimum absolute atomic E-state index is 0.144. The Balaban J connectivity index is 2.04. The first kappa shape index (κ1) is 15.1. The fraction of sp³-hybridized carbons (Fsp3) is 0.333. The van der Waals surface area contributed by atoms with E-state index in [4.69, 9.17) is 5.73 Å². The molecule has 1 aromatic heterocycles. The highest BCUT2D eigenvalue weighted by atomic mass is 16.3. The van der Waals surface area contributed by atoms with Crippen LogP contribution in [0.15, 0.2) is 36.5 Å². The quantitative estimate of drug-likeness (QED) is 0.733. The molecule has 0 aliphatic heterocycles. The van der Waals surface area contributed by atoms with Crippen LogP contribution in [-0.4, -0.2) is 33.4 Å². The first-order valence-corrected chi connectivity index (χ1v) is 6.92. The number of carbonyl (C=O) groups is 1. The highest BCUT2D eigenvalue weighted by Gasteiger charge is 2.18. The van der Waals surface area contributed by atoms with Crippen LogP contribution in [0.4, 0.5) is 5.69 Å². The molecule has 0 fully saturated rings. The van der Waals surface area contributed by atoms with E-state index in [0.717, 1.165) is 5.56 Å². The molecule has 1 atom stereocenters. The molecule has 0 radical (unpaired) electrons. The van der Waals surface area contributed by atoms with Crippen molar-refractivity contribution in [1.29, 1.82) is 0 Å². The zero-order valence-electron chi connectivity index (χ0n) is 12.0. The zero-order valence-corrected chi connectivity index (χ0v) is 12.0. The summed E-state index contributed by atoms with van der Waals surface area (Å²) in [6.45, 7) is 2.42. The van der Waals surface area contributed by atoms with Gasteiger partial charge in [0.25, 0.3) is 5.91 Å². The molecule has 1 amide bonds. The van der Waals surface area contributed by atoms with Gasteiger partial charge in [0.15, 0.2) is 5.69 Å². The number of anilines is 1. The molecule has 4 N–H and O–H groups in total. The van der Waals surface area contributed by atoms with Crippen molar-refractivity contribution < 1.29 is 9.90 Å². The molecule has 6 heteroatoms. The lowest BCUT2D eigenvalue weighted by molar-refractivity contribution is 0.0911. The molecule has 2 aromatic rings. The maximum atomic E-state index is 12.2. The molecular weight excluding hydrogens is 268 g/mol. The van der Waals surface area contributed by atoms with Gasteiger partial charge in [0.05, 0.1) is 18.3 Å². The molecule has 1 heterocycles. The number of aliphatic hydroxyl groups is 1. The molecule has 1 aromatic carbocycles. The van der Waals surface area contributed by atoms with Crippen molar-refractivity contribution in [2.45, 2.75) is 25.9 Å². The lowest BCUT2D eigenvalue weighted by Crippen LogP contribution is -2.39. The van der Waals surface area contributed by atoms with E-state index in [1.54, 1.807) is 10.9 Å². The number of nitrogens with one attached hydrogen (secondary N) is 1. The van der Waals surface area contributed by atoms with Crippen molar-refractivity contribution in [1.82, 2.24) is 15.1 Å². The molecule has 2 rings (SSSR count). The van der Waals surface area contributed by atoms with Gasteiger partial charge in [-0.25, -0.2) is 0 Å². The van der Waals surface area contributed by atoms with E-state index in [9.17, 15) is 9.90 Å². The maximum absolute atomic E-state index is 12.2. The molecule has 0 aliphatic rings. The van der Waals surface area contributed by atoms with E-state index in [1.807, 2.05) is 37.3 Å². The summed E-state index contributed by atoms with van der Waals surface area (Å²) in [5.41, 5.74) is 7.36. The number of hydrogen-bond acceptors (Lipinski definition) is 4. The predicted molar refractivity (Wildman–Crippen MR) is 80.8 cm³/mol. The fourth-order valence-electron chi connectivity index (χ4n) is 2.09. The number of hydrogen-bond donors (Lipinski definition) is 3. The number of aryl methyl sites for hydroxylation is 1. The molecule has 21 heavy (non-hydrogen) atoms. The van der Waals surface area contributed by atoms with Crippen molar-refractivity contribution in [3.8, 4) is 0 Å². The standard InChI is InChI=1S/C15H20N4O2/c1-2-19-9-13(16)14(18-19)15(21)17-12(10-20)8-11-6-4-3-5-7-11/h3-7,9,12,20H,2,8,10,16H2,1H3,(H,17,21). The van der Waals surface area contributed by atoms with Gasteiger partial charge in [-0.1, -0.05) is 30.3 Å². The van der Waals surface area contributed by atoms with Crippen molar-refractivity contribution in [3.05, 3.63) is 47.8 Å². The second-order valence-corrected chi connectivity index (χ2v) is 4.83. The predicted octanol–water partition coefficient (Wildman–Crippen LogP) is 0.819. The van der Waals surface area contributed by atoms with Gasteiger partial charge in [-0.2, -0.15) is 5.10 Å². The van der Waals surface area contributed by atoms with Gasteiger partial charge in [0, 0.05) is 12.7 Å². The SMILES string of the molecule is CCn1cc(N)c(C(=O)NC(CO)Cc2ccccc2)n1. The summed E-state index contributed by atoms with van der Waals surface area (Å²) in [5, 5.41) is 16.3. The number of aromatic nitrogens is 2. The van der Waals surface area contributed by atoms with Gasteiger partial charge in [0.1, 0.15) is 0 Å². The largest absolute Gasteiger partial charge is 0.396 e. The topological polar surface area (TPSA) is 93.2 Å². The van der Waals surface area contributed by atoms with Gasteiger partial charge < -0.3 is 16.2 Å². The van der Waals surface area contributed by atoms with Crippen LogP contribution in [-0.2, 0) is 13.0 Å². The molecule has 0 saturated heterocycles. The molecule has 0 spiro atoms. The van der Waals surface area contributed by atoms with Crippen molar-refractivity contribution >= 4 is 11.6 Å². The maximum Gasteiger partial charge on any atom is 0.274 e. The number of rotatable bonds is 6. The van der Waals surface area contributed by atoms with Crippen LogP contribution >= 0.6 is 0 Å². The number of carbonyl (C=O) groups excluding carboxylic acids is 1. The Labute approximate surface area is 123 Å². The number of nitrogens with zero attached hydrogens (tertiary/aromatic N) is 2. The summed E-state index contributed by atoms with van der Waals surface area (Å²) in [7, 11) is 0. The average Bonchev–Trinajstić information content (AvgIpc) is 2.88. The summed E-state index contributed by atoms with van der Waals surface area (Å²) >= 11 is 0. The van der Waals surface area contributed by atoms with Crippen molar-refractivity contribution in [2.24, 2.45) is 0 Å². The van der Waals surface area contributed by atoms with E-state index < -0.39 is 0 Å². The number of benzene rings is 1. The van der Waals surface area contributed by atoms with Gasteiger partial charge in [-0.3, -0.25) is 9.48 Å². The fourth-order valence-corrected chi connectivity index (χ4v) is 2.09. The third-order valence-electron chi connectivity index (χ3n) is 3.21. The van der Waals surface area contributed by atoms with Crippen LogP contribution < -0.4 is 11.1 Å². The highest BCUT2D eigenvalue weighted by molar-refractivity contribution is 5.97. The molecule has 1 unspecified atom stereocenters. The summed E-state index contributed by atoms with van der Waals surface area (Å²) in [4.78, 5) is 12.2. The average molecular weight is 288 g/mol. The minimum atomic E-state index is -0.369. The van der Waals surface area contributed by atoms with Gasteiger partial charge in [-0.15, -0.1) is 0 Å². The third-order valence-corrected chi connectivity index (χ3v) is 3.21. The molecule has 0 aliphatic carbocycles. The van der Waals surface area contributed by atoms with Crippen LogP contribution in [0.5, 0.6) is 0 Å². The van der Waals surface area contributed by atoms with E-state index in [2.05, 4.69) is 10.4 Å². The third kappa shape index (κ3) is 3.82. The summed E-state index contributed by atoms with van der Waals surface area (Å²) in [6.07, 6.45) is 2.18. The summed E-state index contributed by atoms with van der Waals surface area (Å²) in [6, 6.07) is 9.31. The molecule has 0 saturated carbocycles. The Morgan fingerprint density at radius 3 is 2.71 bits per heavy atom. The van der Waals surface area contributed by atoms with Crippen LogP contribution in [0.3, 0.4) is 0 Å². The zero-order chi connectivity index (χ0) is 15.2. The summed E-state index contributed by atoms with van der Waals surface area (Å²) < 4.78 is 1.61. The van der Waals surface area contributed by atoms with Gasteiger partial charge >= 0.3 is 0 Å². The Morgan fingerprint density at radius 2 is 2.14 bits per heavy atom. The second-order valence-electron chi connectivity index (χ2n) is 4.83. The Morgan fingerprint density at radius 1 is 1.43 bits per heavy atom. The van der Waals surface area contributed by atoms with Crippen molar-refractivity contribution in [3.63, 3.8) is 0 Å². The number of aliphatic hydroxyl groups excluding tert-OH is 1. The van der Waals surface area contributed by atoms with Crippen LogP contribution in [0.2, 0.25) is 0 Å². The van der Waals surface area contributed by atoms with Crippen LogP contribution in [0.25, 0.3) is 0 Å². The molecule has 6 nitrogen and oxygen atoms in total. The normalized spacial score (nSPS) is 12.1. The van der Waals surface area contributed by atoms with Gasteiger partial charge in [0.2, 0.25) is 0 Å². The van der Waals surface area contributed by atoms with E-state index >= 15 is 0 Å². The van der Waals surface area contributed by atoms with E-state index in [1.165, 1.54) is 0 Å². The lowest BCUT2D eigenvalue weighted by Gasteiger charge is -2.15. The second kappa shape index (κ2) is 6.90. The number of amides is 1. The Bertz CT molecular complexity index is 595. The van der Waals surface area contributed by atoms with E-state index in [-0.39, 0.29) is 24.2 Å².